The van der Waals surface area contributed by atoms with Gasteiger partial charge in [0.15, 0.2) is 0 Å². The highest BCUT2D eigenvalue weighted by Gasteiger charge is 2.15. The van der Waals surface area contributed by atoms with Gasteiger partial charge in [-0.3, -0.25) is 4.79 Å². The summed E-state index contributed by atoms with van der Waals surface area (Å²) in [6.07, 6.45) is 2.63. The molecule has 2 aromatic rings. The Morgan fingerprint density at radius 2 is 1.95 bits per heavy atom. The molecule has 0 spiro atoms. The van der Waals surface area contributed by atoms with E-state index in [0.29, 0.717) is 13.0 Å². The van der Waals surface area contributed by atoms with Crippen molar-refractivity contribution in [3.8, 4) is 0 Å². The van der Waals surface area contributed by atoms with Gasteiger partial charge in [0.1, 0.15) is 6.04 Å². The van der Waals surface area contributed by atoms with Crippen molar-refractivity contribution in [3.05, 3.63) is 48.0 Å². The fourth-order valence-corrected chi connectivity index (χ4v) is 2.31. The van der Waals surface area contributed by atoms with Crippen LogP contribution >= 0.6 is 0 Å². The lowest BCUT2D eigenvalue weighted by molar-refractivity contribution is -0.139. The van der Waals surface area contributed by atoms with Crippen molar-refractivity contribution in [2.24, 2.45) is 0 Å². The molecule has 0 bridgehead atoms. The Bertz CT molecular complexity index is 580. The lowest BCUT2D eigenvalue weighted by Crippen LogP contribution is -2.36. The van der Waals surface area contributed by atoms with Crippen molar-refractivity contribution < 1.29 is 9.90 Å². The topological polar surface area (TPSA) is 49.3 Å². The van der Waals surface area contributed by atoms with Gasteiger partial charge in [-0.05, 0) is 28.8 Å². The molecule has 3 nitrogen and oxygen atoms in total. The Labute approximate surface area is 119 Å². The Morgan fingerprint density at radius 1 is 1.20 bits per heavy atom. The molecule has 0 radical (unpaired) electrons. The predicted molar refractivity (Wildman–Crippen MR) is 81.7 cm³/mol. The standard InChI is InChI=1S/C17H21NO2/c1-2-3-8-16(17(19)20)18-12-13-9-10-14-6-4-5-7-15(14)11-13/h4-7,9-11,16,18H,2-3,8,12H2,1H3,(H,19,20). The normalized spacial score (nSPS) is 12.4. The van der Waals surface area contributed by atoms with E-state index < -0.39 is 12.0 Å². The third-order valence-electron chi connectivity index (χ3n) is 3.51. The van der Waals surface area contributed by atoms with E-state index in [1.165, 1.54) is 10.8 Å². The maximum Gasteiger partial charge on any atom is 0.320 e. The van der Waals surface area contributed by atoms with E-state index in [1.54, 1.807) is 0 Å². The zero-order chi connectivity index (χ0) is 14.4. The number of nitrogens with one attached hydrogen (secondary N) is 1. The molecule has 3 heteroatoms. The number of rotatable bonds is 7. The van der Waals surface area contributed by atoms with Crippen molar-refractivity contribution in [3.63, 3.8) is 0 Å². The van der Waals surface area contributed by atoms with Crippen molar-refractivity contribution in [1.29, 1.82) is 0 Å². The molecule has 2 rings (SSSR count). The fourth-order valence-electron chi connectivity index (χ4n) is 2.31. The highest BCUT2D eigenvalue weighted by molar-refractivity contribution is 5.83. The molecular weight excluding hydrogens is 250 g/mol. The number of hydrogen-bond acceptors (Lipinski definition) is 2. The van der Waals surface area contributed by atoms with Gasteiger partial charge in [-0.1, -0.05) is 56.2 Å². The van der Waals surface area contributed by atoms with Crippen LogP contribution in [0.3, 0.4) is 0 Å². The van der Waals surface area contributed by atoms with E-state index in [1.807, 2.05) is 18.2 Å². The van der Waals surface area contributed by atoms with Gasteiger partial charge >= 0.3 is 5.97 Å². The molecule has 0 amide bonds. The second kappa shape index (κ2) is 7.06. The SMILES string of the molecule is CCCCC(NCc1ccc2ccccc2c1)C(=O)O. The number of fused-ring (bicyclic) bond motifs is 1. The monoisotopic (exact) mass is 271 g/mol. The molecule has 0 fully saturated rings. The second-order valence-electron chi connectivity index (χ2n) is 5.10. The molecule has 2 aromatic carbocycles. The van der Waals surface area contributed by atoms with Gasteiger partial charge in [0.05, 0.1) is 0 Å². The van der Waals surface area contributed by atoms with Crippen LogP contribution in [0.4, 0.5) is 0 Å². The Morgan fingerprint density at radius 3 is 2.65 bits per heavy atom. The van der Waals surface area contributed by atoms with Crippen LogP contribution < -0.4 is 5.32 Å². The predicted octanol–water partition coefficient (Wildman–Crippen LogP) is 3.57. The molecule has 0 saturated heterocycles. The first kappa shape index (κ1) is 14.5. The minimum atomic E-state index is -0.765. The maximum absolute atomic E-state index is 11.2. The maximum atomic E-state index is 11.2. The number of carboxylic acids is 1. The number of unbranched alkanes of at least 4 members (excludes halogenated alkanes) is 1. The van der Waals surface area contributed by atoms with Gasteiger partial charge in [0.25, 0.3) is 0 Å². The van der Waals surface area contributed by atoms with Gasteiger partial charge in [-0.15, -0.1) is 0 Å². The number of carboxylic acid groups (broad SMARTS) is 1. The highest BCUT2D eigenvalue weighted by atomic mass is 16.4. The number of benzene rings is 2. The molecule has 0 heterocycles. The molecule has 0 aliphatic heterocycles. The smallest absolute Gasteiger partial charge is 0.320 e. The summed E-state index contributed by atoms with van der Waals surface area (Å²) in [4.78, 5) is 11.2. The zero-order valence-electron chi connectivity index (χ0n) is 11.8. The summed E-state index contributed by atoms with van der Waals surface area (Å²) in [5.74, 6) is -0.765. The zero-order valence-corrected chi connectivity index (χ0v) is 11.8. The molecule has 0 aliphatic carbocycles. The Balaban J connectivity index is 2.01. The number of aliphatic carboxylic acids is 1. The highest BCUT2D eigenvalue weighted by Crippen LogP contribution is 2.15. The van der Waals surface area contributed by atoms with Gasteiger partial charge in [0.2, 0.25) is 0 Å². The summed E-state index contributed by atoms with van der Waals surface area (Å²) in [6.45, 7) is 2.66. The van der Waals surface area contributed by atoms with Crippen LogP contribution in [0, 0.1) is 0 Å². The molecule has 0 saturated carbocycles. The first-order valence-corrected chi connectivity index (χ1v) is 7.14. The Hall–Kier alpha value is -1.87. The van der Waals surface area contributed by atoms with E-state index in [4.69, 9.17) is 0 Å². The van der Waals surface area contributed by atoms with Gasteiger partial charge in [0, 0.05) is 6.54 Å². The number of carbonyl (C=O) groups is 1. The van der Waals surface area contributed by atoms with Crippen molar-refractivity contribution in [1.82, 2.24) is 5.32 Å². The van der Waals surface area contributed by atoms with Crippen LogP contribution in [0.15, 0.2) is 42.5 Å². The van der Waals surface area contributed by atoms with Gasteiger partial charge < -0.3 is 10.4 Å². The van der Waals surface area contributed by atoms with E-state index >= 15 is 0 Å². The molecule has 1 atom stereocenters. The molecule has 0 aromatic heterocycles. The Kier molecular flexibility index (Phi) is 5.13. The summed E-state index contributed by atoms with van der Waals surface area (Å²) in [7, 11) is 0. The molecular formula is C17H21NO2. The van der Waals surface area contributed by atoms with E-state index in [2.05, 4.69) is 36.5 Å². The third-order valence-corrected chi connectivity index (χ3v) is 3.51. The molecule has 2 N–H and O–H groups in total. The molecule has 106 valence electrons. The van der Waals surface area contributed by atoms with Gasteiger partial charge in [-0.2, -0.15) is 0 Å². The van der Waals surface area contributed by atoms with Crippen molar-refractivity contribution in [2.45, 2.75) is 38.8 Å². The minimum Gasteiger partial charge on any atom is -0.480 e. The average Bonchev–Trinajstić information content (AvgIpc) is 2.46. The summed E-state index contributed by atoms with van der Waals surface area (Å²) < 4.78 is 0. The van der Waals surface area contributed by atoms with Crippen molar-refractivity contribution in [2.75, 3.05) is 0 Å². The van der Waals surface area contributed by atoms with Crippen LogP contribution in [0.5, 0.6) is 0 Å². The van der Waals surface area contributed by atoms with E-state index in [-0.39, 0.29) is 0 Å². The molecule has 1 unspecified atom stereocenters. The summed E-state index contributed by atoms with van der Waals surface area (Å²) >= 11 is 0. The minimum absolute atomic E-state index is 0.457. The third kappa shape index (κ3) is 3.81. The van der Waals surface area contributed by atoms with Crippen LogP contribution in [0.2, 0.25) is 0 Å². The summed E-state index contributed by atoms with van der Waals surface area (Å²) in [5, 5.41) is 14.7. The van der Waals surface area contributed by atoms with E-state index in [9.17, 15) is 9.90 Å². The average molecular weight is 271 g/mol. The van der Waals surface area contributed by atoms with Crippen LogP contribution in [0.25, 0.3) is 10.8 Å². The van der Waals surface area contributed by atoms with Crippen LogP contribution in [-0.4, -0.2) is 17.1 Å². The largest absolute Gasteiger partial charge is 0.480 e. The quantitative estimate of drug-likeness (QED) is 0.809. The van der Waals surface area contributed by atoms with Crippen molar-refractivity contribution >= 4 is 16.7 Å². The number of hydrogen-bond donors (Lipinski definition) is 2. The summed E-state index contributed by atoms with van der Waals surface area (Å²) in [5.41, 5.74) is 1.12. The first-order chi connectivity index (χ1) is 9.70. The van der Waals surface area contributed by atoms with Gasteiger partial charge in [-0.25, -0.2) is 0 Å². The molecule has 0 aliphatic rings. The second-order valence-corrected chi connectivity index (χ2v) is 5.10. The lowest BCUT2D eigenvalue weighted by atomic mass is 10.1. The van der Waals surface area contributed by atoms with Crippen LogP contribution in [-0.2, 0) is 11.3 Å². The molecule has 20 heavy (non-hydrogen) atoms. The summed E-state index contributed by atoms with van der Waals surface area (Å²) in [6, 6.07) is 14.0. The van der Waals surface area contributed by atoms with Crippen LogP contribution in [0.1, 0.15) is 31.7 Å². The first-order valence-electron chi connectivity index (χ1n) is 7.14. The fraction of sp³-hybridized carbons (Fsp3) is 0.353. The van der Waals surface area contributed by atoms with E-state index in [0.717, 1.165) is 18.4 Å². The lowest BCUT2D eigenvalue weighted by Gasteiger charge is -2.14.